The van der Waals surface area contributed by atoms with Gasteiger partial charge < -0.3 is 9.64 Å². The van der Waals surface area contributed by atoms with Crippen molar-refractivity contribution in [2.24, 2.45) is 0 Å². The summed E-state index contributed by atoms with van der Waals surface area (Å²) in [6.45, 7) is 4.44. The van der Waals surface area contributed by atoms with E-state index in [2.05, 4.69) is 4.90 Å². The molecule has 1 saturated heterocycles. The van der Waals surface area contributed by atoms with Crippen LogP contribution in [0.15, 0.2) is 57.6 Å². The largest absolute Gasteiger partial charge is 0.460 e. The van der Waals surface area contributed by atoms with Crippen molar-refractivity contribution in [3.63, 3.8) is 0 Å². The lowest BCUT2D eigenvalue weighted by Gasteiger charge is -2.14. The van der Waals surface area contributed by atoms with Crippen LogP contribution in [-0.2, 0) is 14.3 Å². The van der Waals surface area contributed by atoms with Crippen molar-refractivity contribution in [1.29, 1.82) is 0 Å². The molecule has 6 heteroatoms. The van der Waals surface area contributed by atoms with Gasteiger partial charge in [-0.05, 0) is 37.7 Å². The van der Waals surface area contributed by atoms with Gasteiger partial charge in [-0.15, -0.1) is 11.8 Å². The van der Waals surface area contributed by atoms with Gasteiger partial charge in [-0.2, -0.15) is 0 Å². The number of esters is 1. The molecule has 24 heavy (non-hydrogen) atoms. The molecular weight excluding hydrogens is 342 g/mol. The maximum atomic E-state index is 12.3. The summed E-state index contributed by atoms with van der Waals surface area (Å²) >= 11 is 2.83. The maximum absolute atomic E-state index is 12.3. The van der Waals surface area contributed by atoms with Crippen LogP contribution in [0.1, 0.15) is 20.3 Å². The molecule has 0 spiro atoms. The van der Waals surface area contributed by atoms with Crippen LogP contribution in [0.25, 0.3) is 0 Å². The van der Waals surface area contributed by atoms with Gasteiger partial charge in [0.2, 0.25) is 5.12 Å². The summed E-state index contributed by atoms with van der Waals surface area (Å²) in [6.07, 6.45) is 2.24. The fraction of sp³-hybridized carbons (Fsp3) is 0.333. The van der Waals surface area contributed by atoms with Crippen molar-refractivity contribution < 1.29 is 14.3 Å². The Morgan fingerprint density at radius 3 is 2.75 bits per heavy atom. The normalized spacial score (nSPS) is 18.5. The van der Waals surface area contributed by atoms with Gasteiger partial charge in [0.25, 0.3) is 0 Å². The van der Waals surface area contributed by atoms with E-state index in [0.717, 1.165) is 33.5 Å². The SMILES string of the molecule is CC(C)OC(=O)C1=C2SCC(=CC(=O)Sc3ccccc3)N2CC1. The average Bonchev–Trinajstić information content (AvgIpc) is 3.10. The molecule has 0 bridgehead atoms. The van der Waals surface area contributed by atoms with Gasteiger partial charge in [0.05, 0.1) is 16.7 Å². The predicted octanol–water partition coefficient (Wildman–Crippen LogP) is 3.80. The number of ether oxygens (including phenoxy) is 1. The van der Waals surface area contributed by atoms with Crippen molar-refractivity contribution in [1.82, 2.24) is 4.90 Å². The van der Waals surface area contributed by atoms with Crippen molar-refractivity contribution >= 4 is 34.6 Å². The lowest BCUT2D eigenvalue weighted by Crippen LogP contribution is -2.14. The van der Waals surface area contributed by atoms with Gasteiger partial charge in [-0.25, -0.2) is 4.79 Å². The Morgan fingerprint density at radius 2 is 2.04 bits per heavy atom. The van der Waals surface area contributed by atoms with Crippen LogP contribution in [-0.4, -0.2) is 34.4 Å². The Balaban J connectivity index is 1.70. The first-order valence-electron chi connectivity index (χ1n) is 7.86. The summed E-state index contributed by atoms with van der Waals surface area (Å²) < 4.78 is 5.31. The van der Waals surface area contributed by atoms with Crippen LogP contribution in [0.3, 0.4) is 0 Å². The predicted molar refractivity (Wildman–Crippen MR) is 97.4 cm³/mol. The molecule has 4 nitrogen and oxygen atoms in total. The average molecular weight is 361 g/mol. The number of rotatable bonds is 4. The minimum absolute atomic E-state index is 0.0104. The molecular formula is C18H19NO3S2. The Morgan fingerprint density at radius 1 is 1.29 bits per heavy atom. The van der Waals surface area contributed by atoms with Gasteiger partial charge in [0, 0.05) is 35.4 Å². The van der Waals surface area contributed by atoms with Crippen molar-refractivity contribution in [3.8, 4) is 0 Å². The van der Waals surface area contributed by atoms with Gasteiger partial charge in [-0.1, -0.05) is 18.2 Å². The van der Waals surface area contributed by atoms with Crippen LogP contribution in [0.5, 0.6) is 0 Å². The summed E-state index contributed by atoms with van der Waals surface area (Å²) in [5.74, 6) is 0.482. The molecule has 0 amide bonds. The highest BCUT2D eigenvalue weighted by molar-refractivity contribution is 8.14. The second-order valence-corrected chi connectivity index (χ2v) is 7.84. The molecule has 0 aromatic heterocycles. The van der Waals surface area contributed by atoms with Crippen molar-refractivity contribution in [2.75, 3.05) is 12.3 Å². The summed E-state index contributed by atoms with van der Waals surface area (Å²) in [6, 6.07) is 9.61. The molecule has 0 atom stereocenters. The van der Waals surface area contributed by atoms with E-state index in [1.54, 1.807) is 17.8 Å². The summed E-state index contributed by atoms with van der Waals surface area (Å²) in [7, 11) is 0. The first-order valence-corrected chi connectivity index (χ1v) is 9.66. The summed E-state index contributed by atoms with van der Waals surface area (Å²) in [5, 5.41) is 0.959. The standard InChI is InChI=1S/C18H19NO3S2/c1-12(2)22-18(21)15-8-9-19-13(11-23-17(15)19)10-16(20)24-14-6-4-3-5-7-14/h3-7,10,12H,8-9,11H2,1-2H3. The quantitative estimate of drug-likeness (QED) is 0.462. The zero-order chi connectivity index (χ0) is 17.1. The molecule has 0 N–H and O–H groups in total. The van der Waals surface area contributed by atoms with Crippen LogP contribution in [0, 0.1) is 0 Å². The number of nitrogens with zero attached hydrogens (tertiary/aromatic N) is 1. The third-order valence-electron chi connectivity index (χ3n) is 3.63. The fourth-order valence-corrected chi connectivity index (χ4v) is 4.59. The topological polar surface area (TPSA) is 46.6 Å². The monoisotopic (exact) mass is 361 g/mol. The molecule has 1 fully saturated rings. The lowest BCUT2D eigenvalue weighted by atomic mass is 10.2. The summed E-state index contributed by atoms with van der Waals surface area (Å²) in [4.78, 5) is 27.4. The molecule has 1 aromatic rings. The number of benzene rings is 1. The second-order valence-electron chi connectivity index (χ2n) is 5.80. The highest BCUT2D eigenvalue weighted by atomic mass is 32.2. The Bertz CT molecular complexity index is 710. The number of hydrogen-bond donors (Lipinski definition) is 0. The number of thioether (sulfide) groups is 2. The number of carbonyl (C=O) groups is 2. The second kappa shape index (κ2) is 7.49. The molecule has 2 aliphatic heterocycles. The van der Waals surface area contributed by atoms with E-state index >= 15 is 0 Å². The molecule has 2 heterocycles. The smallest absolute Gasteiger partial charge is 0.336 e. The van der Waals surface area contributed by atoms with E-state index in [1.807, 2.05) is 44.2 Å². The Hall–Kier alpha value is -1.66. The zero-order valence-electron chi connectivity index (χ0n) is 13.7. The van der Waals surface area contributed by atoms with Gasteiger partial charge in [0.15, 0.2) is 0 Å². The summed E-state index contributed by atoms with van der Waals surface area (Å²) in [5.41, 5.74) is 1.70. The van der Waals surface area contributed by atoms with E-state index in [9.17, 15) is 9.59 Å². The molecule has 126 valence electrons. The minimum Gasteiger partial charge on any atom is -0.460 e. The fourth-order valence-electron chi connectivity index (χ4n) is 2.62. The maximum Gasteiger partial charge on any atom is 0.336 e. The molecule has 0 unspecified atom stereocenters. The van der Waals surface area contributed by atoms with Gasteiger partial charge in [0.1, 0.15) is 0 Å². The van der Waals surface area contributed by atoms with Crippen LogP contribution in [0.2, 0.25) is 0 Å². The molecule has 0 saturated carbocycles. The van der Waals surface area contributed by atoms with Gasteiger partial charge in [-0.3, -0.25) is 4.79 Å². The lowest BCUT2D eigenvalue weighted by molar-refractivity contribution is -0.142. The van der Waals surface area contributed by atoms with Crippen LogP contribution >= 0.6 is 23.5 Å². The number of hydrogen-bond acceptors (Lipinski definition) is 6. The van der Waals surface area contributed by atoms with E-state index in [0.29, 0.717) is 6.42 Å². The first-order chi connectivity index (χ1) is 11.5. The molecule has 0 aliphatic carbocycles. The molecule has 0 radical (unpaired) electrons. The number of fused-ring (bicyclic) bond motifs is 1. The van der Waals surface area contributed by atoms with E-state index in [4.69, 9.17) is 4.74 Å². The van der Waals surface area contributed by atoms with E-state index in [1.165, 1.54) is 11.8 Å². The van der Waals surface area contributed by atoms with Crippen molar-refractivity contribution in [3.05, 3.63) is 52.7 Å². The van der Waals surface area contributed by atoms with Crippen molar-refractivity contribution in [2.45, 2.75) is 31.3 Å². The number of carbonyl (C=O) groups excluding carboxylic acids is 2. The zero-order valence-corrected chi connectivity index (χ0v) is 15.3. The first kappa shape index (κ1) is 17.2. The highest BCUT2D eigenvalue weighted by Crippen LogP contribution is 2.43. The Kier molecular flexibility index (Phi) is 5.36. The van der Waals surface area contributed by atoms with Crippen LogP contribution < -0.4 is 0 Å². The third kappa shape index (κ3) is 3.87. The van der Waals surface area contributed by atoms with Crippen LogP contribution in [0.4, 0.5) is 0 Å². The third-order valence-corrected chi connectivity index (χ3v) is 5.63. The molecule has 1 aromatic carbocycles. The molecule has 3 rings (SSSR count). The van der Waals surface area contributed by atoms with E-state index in [-0.39, 0.29) is 17.2 Å². The van der Waals surface area contributed by atoms with E-state index < -0.39 is 0 Å². The Labute approximate surface area is 150 Å². The highest BCUT2D eigenvalue weighted by Gasteiger charge is 2.35. The molecule has 2 aliphatic rings. The van der Waals surface area contributed by atoms with Gasteiger partial charge >= 0.3 is 5.97 Å². The minimum atomic E-state index is -0.235.